The summed E-state index contributed by atoms with van der Waals surface area (Å²) in [4.78, 5) is 26.9. The third kappa shape index (κ3) is 6.83. The number of piperidine rings is 1. The zero-order valence-electron chi connectivity index (χ0n) is 19.9. The Morgan fingerprint density at radius 2 is 1.54 bits per heavy atom. The number of methoxy groups -OCH3 is 1. The molecule has 0 bridgehead atoms. The first kappa shape index (κ1) is 24.3. The summed E-state index contributed by atoms with van der Waals surface area (Å²) in [5.74, 6) is 0.190. The normalized spacial score (nSPS) is 14.7. The first-order chi connectivity index (χ1) is 17.1. The van der Waals surface area contributed by atoms with Crippen LogP contribution in [0.15, 0.2) is 84.9 Å². The van der Waals surface area contributed by atoms with Gasteiger partial charge in [0, 0.05) is 30.5 Å². The van der Waals surface area contributed by atoms with Crippen molar-refractivity contribution in [1.82, 2.24) is 5.32 Å². The van der Waals surface area contributed by atoms with Crippen LogP contribution in [0.3, 0.4) is 0 Å². The highest BCUT2D eigenvalue weighted by Gasteiger charge is 2.27. The third-order valence-electron chi connectivity index (χ3n) is 6.10. The second-order valence-corrected chi connectivity index (χ2v) is 8.49. The molecule has 0 unspecified atom stereocenters. The van der Waals surface area contributed by atoms with Crippen molar-refractivity contribution >= 4 is 23.3 Å². The number of amides is 1. The molecule has 3 aromatic rings. The van der Waals surface area contributed by atoms with E-state index in [0.717, 1.165) is 42.9 Å². The summed E-state index contributed by atoms with van der Waals surface area (Å²) in [6.07, 6.45) is 1.82. The van der Waals surface area contributed by atoms with Crippen molar-refractivity contribution in [2.45, 2.75) is 24.9 Å². The number of hydrogen-bond donors (Lipinski definition) is 2. The zero-order chi connectivity index (χ0) is 24.5. The van der Waals surface area contributed by atoms with Gasteiger partial charge in [-0.3, -0.25) is 10.1 Å². The molecular weight excluding hydrogens is 442 g/mol. The van der Waals surface area contributed by atoms with Crippen LogP contribution in [0.5, 0.6) is 5.75 Å². The van der Waals surface area contributed by atoms with Crippen LogP contribution in [-0.4, -0.2) is 44.7 Å². The fraction of sp³-hybridized carbons (Fsp3) is 0.286. The van der Waals surface area contributed by atoms with Crippen LogP contribution in [0.25, 0.3) is 0 Å². The molecule has 4 rings (SSSR count). The predicted octanol–water partition coefficient (Wildman–Crippen LogP) is 4.18. The van der Waals surface area contributed by atoms with E-state index in [-0.39, 0.29) is 24.5 Å². The molecule has 1 aliphatic rings. The van der Waals surface area contributed by atoms with Gasteiger partial charge in [-0.05, 0) is 54.8 Å². The lowest BCUT2D eigenvalue weighted by molar-refractivity contribution is -0.143. The highest BCUT2D eigenvalue weighted by atomic mass is 16.5. The molecule has 3 aromatic carbocycles. The minimum Gasteiger partial charge on any atom is -0.484 e. The maximum absolute atomic E-state index is 12.4. The number of rotatable bonds is 9. The Bertz CT molecular complexity index is 1080. The van der Waals surface area contributed by atoms with Crippen molar-refractivity contribution in [2.24, 2.45) is 0 Å². The molecule has 1 saturated heterocycles. The minimum atomic E-state index is -0.466. The van der Waals surface area contributed by atoms with E-state index in [0.29, 0.717) is 5.75 Å². The van der Waals surface area contributed by atoms with Crippen LogP contribution < -0.4 is 20.3 Å². The van der Waals surface area contributed by atoms with Crippen LogP contribution in [0.1, 0.15) is 24.4 Å². The maximum atomic E-state index is 12.4. The van der Waals surface area contributed by atoms with Gasteiger partial charge in [-0.25, -0.2) is 4.79 Å². The Labute approximate surface area is 206 Å². The number of esters is 1. The summed E-state index contributed by atoms with van der Waals surface area (Å²) in [6, 6.07) is 26.5. The molecule has 2 N–H and O–H groups in total. The van der Waals surface area contributed by atoms with Crippen molar-refractivity contribution in [2.75, 3.05) is 37.0 Å². The van der Waals surface area contributed by atoms with Crippen molar-refractivity contribution in [3.8, 4) is 5.75 Å². The number of hydrogen-bond acceptors (Lipinski definition) is 6. The summed E-state index contributed by atoms with van der Waals surface area (Å²) in [5, 5.41) is 6.36. The summed E-state index contributed by atoms with van der Waals surface area (Å²) in [6.45, 7) is 1.70. The quantitative estimate of drug-likeness (QED) is 0.454. The highest BCUT2D eigenvalue weighted by Crippen LogP contribution is 2.24. The average molecular weight is 474 g/mol. The maximum Gasteiger partial charge on any atom is 0.327 e. The summed E-state index contributed by atoms with van der Waals surface area (Å²) in [5.41, 5.74) is 2.75. The number of carbonyl (C=O) groups excluding carboxylic acids is 2. The van der Waals surface area contributed by atoms with Crippen molar-refractivity contribution < 1.29 is 19.1 Å². The van der Waals surface area contributed by atoms with Gasteiger partial charge < -0.3 is 19.7 Å². The SMILES string of the molecule is COC(=O)[C@@H](NC1CCN(c2ccc(NC(=O)COc3ccccc3)cc2)CC1)c1ccccc1. The number of nitrogens with one attached hydrogen (secondary N) is 2. The molecule has 1 heterocycles. The number of anilines is 2. The van der Waals surface area contributed by atoms with Gasteiger partial charge in [-0.2, -0.15) is 0 Å². The van der Waals surface area contributed by atoms with E-state index in [2.05, 4.69) is 15.5 Å². The molecule has 0 aliphatic carbocycles. The molecule has 35 heavy (non-hydrogen) atoms. The average Bonchev–Trinajstić information content (AvgIpc) is 2.92. The Morgan fingerprint density at radius 1 is 0.914 bits per heavy atom. The van der Waals surface area contributed by atoms with Gasteiger partial charge in [0.1, 0.15) is 11.8 Å². The largest absolute Gasteiger partial charge is 0.484 e. The van der Waals surface area contributed by atoms with E-state index in [1.165, 1.54) is 7.11 Å². The highest BCUT2D eigenvalue weighted by molar-refractivity contribution is 5.92. The van der Waals surface area contributed by atoms with Crippen LogP contribution in [0, 0.1) is 0 Å². The fourth-order valence-corrected chi connectivity index (χ4v) is 4.22. The van der Waals surface area contributed by atoms with Gasteiger partial charge in [0.15, 0.2) is 6.61 Å². The molecule has 0 radical (unpaired) electrons. The van der Waals surface area contributed by atoms with Crippen molar-refractivity contribution in [3.05, 3.63) is 90.5 Å². The minimum absolute atomic E-state index is 0.0399. The monoisotopic (exact) mass is 473 g/mol. The Balaban J connectivity index is 1.26. The standard InChI is InChI=1S/C28H31N3O4/c1-34-28(33)27(21-8-4-2-5-9-21)30-23-16-18-31(19-17-23)24-14-12-22(13-15-24)29-26(32)20-35-25-10-6-3-7-11-25/h2-15,23,27,30H,16-20H2,1H3,(H,29,32)/t27-/m0/s1. The number of carbonyl (C=O) groups is 2. The van der Waals surface area contributed by atoms with E-state index in [4.69, 9.17) is 9.47 Å². The summed E-state index contributed by atoms with van der Waals surface area (Å²) >= 11 is 0. The van der Waals surface area contributed by atoms with Gasteiger partial charge in [-0.1, -0.05) is 48.5 Å². The molecule has 0 aromatic heterocycles. The number of nitrogens with zero attached hydrogens (tertiary/aromatic N) is 1. The van der Waals surface area contributed by atoms with Crippen LogP contribution in [-0.2, 0) is 14.3 Å². The lowest BCUT2D eigenvalue weighted by Crippen LogP contribution is -2.45. The lowest BCUT2D eigenvalue weighted by Gasteiger charge is -2.35. The first-order valence-electron chi connectivity index (χ1n) is 11.8. The van der Waals surface area contributed by atoms with Gasteiger partial charge in [0.05, 0.1) is 7.11 Å². The van der Waals surface area contributed by atoms with Crippen molar-refractivity contribution in [1.29, 1.82) is 0 Å². The number of benzene rings is 3. The van der Waals surface area contributed by atoms with Crippen LogP contribution in [0.4, 0.5) is 11.4 Å². The van der Waals surface area contributed by atoms with E-state index in [1.54, 1.807) is 0 Å². The summed E-state index contributed by atoms with van der Waals surface area (Å²) < 4.78 is 10.5. The Morgan fingerprint density at radius 3 is 2.17 bits per heavy atom. The molecule has 1 fully saturated rings. The second-order valence-electron chi connectivity index (χ2n) is 8.49. The molecule has 1 amide bonds. The predicted molar refractivity (Wildman–Crippen MR) is 137 cm³/mol. The van der Waals surface area contributed by atoms with E-state index in [9.17, 15) is 9.59 Å². The molecule has 0 saturated carbocycles. The molecule has 1 aliphatic heterocycles. The van der Waals surface area contributed by atoms with Gasteiger partial charge in [0.25, 0.3) is 5.91 Å². The molecule has 0 spiro atoms. The Kier molecular flexibility index (Phi) is 8.35. The van der Waals surface area contributed by atoms with E-state index in [1.807, 2.05) is 84.9 Å². The molecule has 7 nitrogen and oxygen atoms in total. The van der Waals surface area contributed by atoms with Gasteiger partial charge >= 0.3 is 5.97 Å². The smallest absolute Gasteiger partial charge is 0.327 e. The zero-order valence-corrected chi connectivity index (χ0v) is 19.9. The fourth-order valence-electron chi connectivity index (χ4n) is 4.22. The number of para-hydroxylation sites is 1. The molecule has 1 atom stereocenters. The molecule has 182 valence electrons. The lowest BCUT2D eigenvalue weighted by atomic mass is 10.00. The third-order valence-corrected chi connectivity index (χ3v) is 6.10. The summed E-state index contributed by atoms with van der Waals surface area (Å²) in [7, 11) is 1.42. The molecule has 7 heteroatoms. The van der Waals surface area contributed by atoms with E-state index >= 15 is 0 Å². The van der Waals surface area contributed by atoms with E-state index < -0.39 is 6.04 Å². The molecular formula is C28H31N3O4. The van der Waals surface area contributed by atoms with Crippen molar-refractivity contribution in [3.63, 3.8) is 0 Å². The second kappa shape index (κ2) is 12.0. The Hall–Kier alpha value is -3.84. The number of ether oxygens (including phenoxy) is 2. The van der Waals surface area contributed by atoms with Crippen LogP contribution in [0.2, 0.25) is 0 Å². The van der Waals surface area contributed by atoms with Gasteiger partial charge in [-0.15, -0.1) is 0 Å². The topological polar surface area (TPSA) is 79.9 Å². The first-order valence-corrected chi connectivity index (χ1v) is 11.8. The van der Waals surface area contributed by atoms with Crippen LogP contribution >= 0.6 is 0 Å². The van der Waals surface area contributed by atoms with Gasteiger partial charge in [0.2, 0.25) is 0 Å².